The number of nitrogens with two attached hydrogens (primary N) is 1. The SMILES string of the molecule is N[C@@H](CCO)C(=O)N(CP(=O)(O)O)CP(=O)(O)O. The average molecular weight is 306 g/mol. The lowest BCUT2D eigenvalue weighted by Gasteiger charge is -2.25. The van der Waals surface area contributed by atoms with E-state index in [1.807, 2.05) is 0 Å². The van der Waals surface area contributed by atoms with Gasteiger partial charge in [0.05, 0.1) is 6.04 Å². The molecule has 0 fully saturated rings. The van der Waals surface area contributed by atoms with Gasteiger partial charge in [-0.05, 0) is 6.42 Å². The van der Waals surface area contributed by atoms with Gasteiger partial charge in [0.2, 0.25) is 5.91 Å². The molecule has 0 aliphatic rings. The first-order valence-electron chi connectivity index (χ1n) is 4.70. The first-order valence-corrected chi connectivity index (χ1v) is 8.30. The lowest BCUT2D eigenvalue weighted by molar-refractivity contribution is -0.131. The molecular formula is C6H16N2O8P2. The van der Waals surface area contributed by atoms with E-state index in [-0.39, 0.29) is 6.42 Å². The summed E-state index contributed by atoms with van der Waals surface area (Å²) in [6, 6.07) is -1.28. The summed E-state index contributed by atoms with van der Waals surface area (Å²) in [5, 5.41) is 8.57. The van der Waals surface area contributed by atoms with Crippen molar-refractivity contribution in [2.24, 2.45) is 5.73 Å². The first kappa shape index (κ1) is 17.7. The van der Waals surface area contributed by atoms with Crippen molar-refractivity contribution in [2.45, 2.75) is 12.5 Å². The molecule has 12 heteroatoms. The maximum absolute atomic E-state index is 11.6. The lowest BCUT2D eigenvalue weighted by atomic mass is 10.2. The zero-order valence-electron chi connectivity index (χ0n) is 9.29. The Morgan fingerprint density at radius 1 is 1.11 bits per heavy atom. The van der Waals surface area contributed by atoms with Crippen LogP contribution in [0.5, 0.6) is 0 Å². The maximum atomic E-state index is 11.6. The van der Waals surface area contributed by atoms with Gasteiger partial charge in [-0.2, -0.15) is 0 Å². The Labute approximate surface area is 103 Å². The second-order valence-corrected chi connectivity index (χ2v) is 6.83. The second-order valence-electron chi connectivity index (χ2n) is 3.61. The molecule has 0 spiro atoms. The van der Waals surface area contributed by atoms with E-state index in [0.29, 0.717) is 4.90 Å². The second kappa shape index (κ2) is 6.74. The van der Waals surface area contributed by atoms with Crippen LogP contribution in [0.15, 0.2) is 0 Å². The minimum atomic E-state index is -4.68. The van der Waals surface area contributed by atoms with Crippen molar-refractivity contribution in [3.8, 4) is 0 Å². The Kier molecular flexibility index (Phi) is 6.62. The molecule has 10 nitrogen and oxygen atoms in total. The molecule has 0 aliphatic heterocycles. The number of nitrogens with zero attached hydrogens (tertiary/aromatic N) is 1. The molecule has 0 bridgehead atoms. The van der Waals surface area contributed by atoms with E-state index in [1.54, 1.807) is 0 Å². The predicted molar refractivity (Wildman–Crippen MR) is 60.3 cm³/mol. The predicted octanol–water partition coefficient (Wildman–Crippen LogP) is -2.20. The average Bonchev–Trinajstić information content (AvgIpc) is 2.11. The third-order valence-corrected chi connectivity index (χ3v) is 3.20. The van der Waals surface area contributed by atoms with E-state index < -0.39 is 46.3 Å². The van der Waals surface area contributed by atoms with Crippen molar-refractivity contribution in [3.63, 3.8) is 0 Å². The van der Waals surface area contributed by atoms with Crippen LogP contribution in [0.4, 0.5) is 0 Å². The van der Waals surface area contributed by atoms with Gasteiger partial charge in [0.15, 0.2) is 0 Å². The van der Waals surface area contributed by atoms with Gasteiger partial charge in [0.25, 0.3) is 0 Å². The summed E-state index contributed by atoms with van der Waals surface area (Å²) in [6.45, 7) is -0.438. The zero-order valence-corrected chi connectivity index (χ0v) is 11.1. The monoisotopic (exact) mass is 306 g/mol. The Hall–Kier alpha value is -0.310. The number of hydrogen-bond acceptors (Lipinski definition) is 5. The van der Waals surface area contributed by atoms with Crippen LogP contribution >= 0.6 is 15.2 Å². The van der Waals surface area contributed by atoms with Gasteiger partial charge >= 0.3 is 15.2 Å². The Balaban J connectivity index is 4.92. The highest BCUT2D eigenvalue weighted by molar-refractivity contribution is 7.52. The smallest absolute Gasteiger partial charge is 0.344 e. The molecule has 0 saturated heterocycles. The normalized spacial score (nSPS) is 14.3. The van der Waals surface area contributed by atoms with E-state index in [9.17, 15) is 13.9 Å². The number of carbonyl (C=O) groups excluding carboxylic acids is 1. The third kappa shape index (κ3) is 7.91. The summed E-state index contributed by atoms with van der Waals surface area (Å²) in [4.78, 5) is 46.8. The Bertz CT molecular complexity index is 352. The zero-order chi connectivity index (χ0) is 14.6. The Morgan fingerprint density at radius 2 is 1.50 bits per heavy atom. The van der Waals surface area contributed by atoms with Gasteiger partial charge in [0.1, 0.15) is 12.6 Å². The first-order chi connectivity index (χ1) is 7.96. The molecule has 0 saturated carbocycles. The summed E-state index contributed by atoms with van der Waals surface area (Å²) in [7, 11) is -9.35. The van der Waals surface area contributed by atoms with Crippen LogP contribution in [-0.4, -0.2) is 60.7 Å². The van der Waals surface area contributed by atoms with Crippen molar-refractivity contribution in [3.05, 3.63) is 0 Å². The van der Waals surface area contributed by atoms with Crippen molar-refractivity contribution >= 4 is 21.1 Å². The van der Waals surface area contributed by atoms with Gasteiger partial charge < -0.3 is 35.3 Å². The topological polar surface area (TPSA) is 182 Å². The van der Waals surface area contributed by atoms with E-state index in [2.05, 4.69) is 0 Å². The molecule has 0 heterocycles. The van der Waals surface area contributed by atoms with Crippen LogP contribution in [-0.2, 0) is 13.9 Å². The standard InChI is InChI=1S/C6H16N2O8P2/c7-5(1-2-9)6(10)8(3-17(11,12)13)4-18(14,15)16/h5,9H,1-4,7H2,(H2,11,12,13)(H2,14,15,16)/t5-/m0/s1. The minimum absolute atomic E-state index is 0.183. The Morgan fingerprint density at radius 3 is 1.78 bits per heavy atom. The van der Waals surface area contributed by atoms with Gasteiger partial charge in [-0.3, -0.25) is 13.9 Å². The van der Waals surface area contributed by atoms with Crippen molar-refractivity contribution in [1.29, 1.82) is 0 Å². The summed E-state index contributed by atoms with van der Waals surface area (Å²) in [5.41, 5.74) is 5.31. The fourth-order valence-corrected chi connectivity index (χ4v) is 2.65. The molecule has 1 amide bonds. The van der Waals surface area contributed by atoms with Crippen LogP contribution in [0.3, 0.4) is 0 Å². The maximum Gasteiger partial charge on any atom is 0.344 e. The van der Waals surface area contributed by atoms with Crippen LogP contribution in [0.2, 0.25) is 0 Å². The summed E-state index contributed by atoms with van der Waals surface area (Å²) < 4.78 is 21.5. The van der Waals surface area contributed by atoms with Crippen LogP contribution in [0.1, 0.15) is 6.42 Å². The highest BCUT2D eigenvalue weighted by Gasteiger charge is 2.31. The van der Waals surface area contributed by atoms with Crippen molar-refractivity contribution in [1.82, 2.24) is 4.90 Å². The van der Waals surface area contributed by atoms with E-state index in [4.69, 9.17) is 30.4 Å². The molecule has 0 unspecified atom stereocenters. The van der Waals surface area contributed by atoms with Gasteiger partial charge in [-0.1, -0.05) is 0 Å². The quantitative estimate of drug-likeness (QED) is 0.284. The number of rotatable bonds is 7. The molecule has 0 aromatic heterocycles. The van der Waals surface area contributed by atoms with Crippen LogP contribution in [0, 0.1) is 0 Å². The molecule has 18 heavy (non-hydrogen) atoms. The molecule has 0 rings (SSSR count). The summed E-state index contributed by atoms with van der Waals surface area (Å²) >= 11 is 0. The number of hydrogen-bond donors (Lipinski definition) is 6. The lowest BCUT2D eigenvalue weighted by Crippen LogP contribution is -2.44. The highest BCUT2D eigenvalue weighted by atomic mass is 31.2. The van der Waals surface area contributed by atoms with E-state index in [1.165, 1.54) is 0 Å². The summed E-state index contributed by atoms with van der Waals surface area (Å²) in [6.07, 6.45) is -2.47. The molecule has 7 N–H and O–H groups in total. The fraction of sp³-hybridized carbons (Fsp3) is 0.833. The highest BCUT2D eigenvalue weighted by Crippen LogP contribution is 2.40. The van der Waals surface area contributed by atoms with Crippen molar-refractivity contribution < 1.29 is 38.6 Å². The van der Waals surface area contributed by atoms with Crippen LogP contribution < -0.4 is 5.73 Å². The van der Waals surface area contributed by atoms with Gasteiger partial charge in [0, 0.05) is 6.61 Å². The molecule has 108 valence electrons. The van der Waals surface area contributed by atoms with Crippen molar-refractivity contribution in [2.75, 3.05) is 19.2 Å². The minimum Gasteiger partial charge on any atom is -0.396 e. The molecule has 0 radical (unpaired) electrons. The molecule has 0 aromatic rings. The third-order valence-electron chi connectivity index (χ3n) is 1.78. The fourth-order valence-electron chi connectivity index (χ4n) is 1.13. The molecule has 0 aliphatic carbocycles. The number of amides is 1. The summed E-state index contributed by atoms with van der Waals surface area (Å²) in [5.74, 6) is -1.05. The van der Waals surface area contributed by atoms with Gasteiger partial charge in [-0.25, -0.2) is 0 Å². The van der Waals surface area contributed by atoms with Crippen LogP contribution in [0.25, 0.3) is 0 Å². The van der Waals surface area contributed by atoms with E-state index >= 15 is 0 Å². The largest absolute Gasteiger partial charge is 0.396 e. The number of carbonyl (C=O) groups is 1. The molecular weight excluding hydrogens is 290 g/mol. The number of aliphatic hydroxyl groups is 1. The van der Waals surface area contributed by atoms with E-state index in [0.717, 1.165) is 0 Å². The number of aliphatic hydroxyl groups excluding tert-OH is 1. The molecule has 1 atom stereocenters. The van der Waals surface area contributed by atoms with Gasteiger partial charge in [-0.15, -0.1) is 0 Å². The molecule has 0 aromatic carbocycles.